The maximum absolute atomic E-state index is 14.3. The average Bonchev–Trinajstić information content (AvgIpc) is 3.69. The highest BCUT2D eigenvalue weighted by Crippen LogP contribution is 2.43. The van der Waals surface area contributed by atoms with Crippen molar-refractivity contribution < 1.29 is 23.9 Å². The number of aromatic amines is 1. The van der Waals surface area contributed by atoms with Crippen molar-refractivity contribution in [1.82, 2.24) is 25.5 Å². The van der Waals surface area contributed by atoms with Crippen LogP contribution in [0.5, 0.6) is 5.75 Å². The van der Waals surface area contributed by atoms with Crippen molar-refractivity contribution in [1.29, 1.82) is 0 Å². The van der Waals surface area contributed by atoms with Crippen molar-refractivity contribution in [2.24, 2.45) is 0 Å². The molecule has 0 radical (unpaired) electrons. The van der Waals surface area contributed by atoms with Gasteiger partial charge < -0.3 is 30.0 Å². The van der Waals surface area contributed by atoms with E-state index in [1.165, 1.54) is 16.8 Å². The molecule has 6 rings (SSSR count). The van der Waals surface area contributed by atoms with Crippen molar-refractivity contribution in [2.45, 2.75) is 62.8 Å². The zero-order chi connectivity index (χ0) is 36.2. The van der Waals surface area contributed by atoms with Crippen LogP contribution in [0.25, 0.3) is 0 Å². The number of rotatable bonds is 16. The Kier molecular flexibility index (Phi) is 12.0. The first-order chi connectivity index (χ1) is 25.4. The second-order valence-electron chi connectivity index (χ2n) is 13.3. The molecule has 1 heterocycles. The Labute approximate surface area is 304 Å². The lowest BCUT2D eigenvalue weighted by Crippen LogP contribution is -2.57. The van der Waals surface area contributed by atoms with Crippen LogP contribution in [0.1, 0.15) is 47.2 Å². The van der Waals surface area contributed by atoms with Gasteiger partial charge >= 0.3 is 6.09 Å². The first-order valence-electron chi connectivity index (χ1n) is 17.7. The molecule has 1 aliphatic rings. The van der Waals surface area contributed by atoms with Crippen molar-refractivity contribution in [3.8, 4) is 5.75 Å². The second-order valence-corrected chi connectivity index (χ2v) is 13.3. The molecule has 10 heteroatoms. The summed E-state index contributed by atoms with van der Waals surface area (Å²) in [6, 6.07) is 35.2. The number of likely N-dealkylation sites (N-methyl/N-ethyl adjacent to an activating group) is 1. The van der Waals surface area contributed by atoms with Gasteiger partial charge in [0.05, 0.1) is 6.33 Å². The summed E-state index contributed by atoms with van der Waals surface area (Å²) >= 11 is 0. The Hall–Kier alpha value is -5.90. The number of nitrogens with one attached hydrogen (secondary N) is 3. The molecule has 10 nitrogen and oxygen atoms in total. The van der Waals surface area contributed by atoms with Crippen LogP contribution in [0.15, 0.2) is 128 Å². The fourth-order valence-corrected chi connectivity index (χ4v) is 6.55. The fraction of sp³-hybridized carbons (Fsp3) is 0.286. The third-order valence-electron chi connectivity index (χ3n) is 9.80. The van der Waals surface area contributed by atoms with Gasteiger partial charge in [0.1, 0.15) is 31.0 Å². The molecule has 0 bridgehead atoms. The van der Waals surface area contributed by atoms with E-state index in [0.29, 0.717) is 24.6 Å². The molecule has 1 saturated carbocycles. The molecular weight excluding hydrogens is 654 g/mol. The number of hydrogen-bond donors (Lipinski definition) is 3. The summed E-state index contributed by atoms with van der Waals surface area (Å²) in [5.74, 6) is -0.00398. The largest absolute Gasteiger partial charge is 0.489 e. The van der Waals surface area contributed by atoms with Crippen LogP contribution in [-0.2, 0) is 45.8 Å². The molecule has 3 N–H and O–H groups in total. The van der Waals surface area contributed by atoms with Gasteiger partial charge in [0, 0.05) is 43.7 Å². The molecule has 0 saturated heterocycles. The van der Waals surface area contributed by atoms with Gasteiger partial charge in [-0.3, -0.25) is 9.59 Å². The SMILES string of the molecule is CN(C(=O)[C@H](Cc1cnc[nH]1)NC(=O)OCc1ccccc1)[C@H](Cc1ccc(OCc2ccccc2)cc1)C(=O)NCC1(c2ccccc2)CCC1. The van der Waals surface area contributed by atoms with Gasteiger partial charge in [-0.05, 0) is 47.2 Å². The number of ether oxygens (including phenoxy) is 2. The number of alkyl carbamates (subject to hydrolysis) is 1. The molecule has 2 atom stereocenters. The van der Waals surface area contributed by atoms with Crippen LogP contribution in [0, 0.1) is 0 Å². The summed E-state index contributed by atoms with van der Waals surface area (Å²) in [5.41, 5.74) is 4.44. The molecule has 268 valence electrons. The van der Waals surface area contributed by atoms with E-state index in [1.807, 2.05) is 103 Å². The molecular formula is C42H45N5O5. The number of imidazole rings is 1. The summed E-state index contributed by atoms with van der Waals surface area (Å²) in [6.07, 6.45) is 5.79. The van der Waals surface area contributed by atoms with E-state index in [9.17, 15) is 14.4 Å². The minimum absolute atomic E-state index is 0.0483. The Morgan fingerprint density at radius 2 is 1.44 bits per heavy atom. The number of hydrogen-bond acceptors (Lipinski definition) is 6. The number of nitrogens with zero attached hydrogens (tertiary/aromatic N) is 2. The lowest BCUT2D eigenvalue weighted by Gasteiger charge is -2.43. The van der Waals surface area contributed by atoms with Crippen molar-refractivity contribution >= 4 is 17.9 Å². The molecule has 5 aromatic rings. The molecule has 1 fully saturated rings. The first-order valence-corrected chi connectivity index (χ1v) is 17.7. The topological polar surface area (TPSA) is 126 Å². The average molecular weight is 700 g/mol. The number of H-pyrrole nitrogens is 1. The summed E-state index contributed by atoms with van der Waals surface area (Å²) in [7, 11) is 1.61. The maximum atomic E-state index is 14.3. The Bertz CT molecular complexity index is 1860. The summed E-state index contributed by atoms with van der Waals surface area (Å²) in [4.78, 5) is 50.0. The number of benzene rings is 4. The van der Waals surface area contributed by atoms with Crippen molar-refractivity contribution in [2.75, 3.05) is 13.6 Å². The van der Waals surface area contributed by atoms with Gasteiger partial charge in [-0.1, -0.05) is 110 Å². The van der Waals surface area contributed by atoms with Crippen LogP contribution in [0.3, 0.4) is 0 Å². The molecule has 0 unspecified atom stereocenters. The third kappa shape index (κ3) is 9.45. The minimum Gasteiger partial charge on any atom is -0.489 e. The normalized spacial score (nSPS) is 14.2. The maximum Gasteiger partial charge on any atom is 0.408 e. The molecule has 0 spiro atoms. The van der Waals surface area contributed by atoms with Crippen LogP contribution in [-0.4, -0.2) is 58.5 Å². The summed E-state index contributed by atoms with van der Waals surface area (Å²) < 4.78 is 11.5. The Morgan fingerprint density at radius 1 is 0.808 bits per heavy atom. The minimum atomic E-state index is -1.03. The van der Waals surface area contributed by atoms with E-state index >= 15 is 0 Å². The van der Waals surface area contributed by atoms with Crippen molar-refractivity contribution in [3.05, 3.63) is 156 Å². The molecule has 4 aromatic carbocycles. The highest BCUT2D eigenvalue weighted by molar-refractivity contribution is 5.91. The Morgan fingerprint density at radius 3 is 2.04 bits per heavy atom. The van der Waals surface area contributed by atoms with Crippen LogP contribution in [0.4, 0.5) is 4.79 Å². The smallest absolute Gasteiger partial charge is 0.408 e. The fourth-order valence-electron chi connectivity index (χ4n) is 6.55. The summed E-state index contributed by atoms with van der Waals surface area (Å²) in [6.45, 7) is 0.944. The summed E-state index contributed by atoms with van der Waals surface area (Å²) in [5, 5.41) is 5.95. The third-order valence-corrected chi connectivity index (χ3v) is 9.80. The van der Waals surface area contributed by atoms with E-state index < -0.39 is 24.1 Å². The van der Waals surface area contributed by atoms with E-state index in [2.05, 4.69) is 32.7 Å². The zero-order valence-corrected chi connectivity index (χ0v) is 29.4. The standard InChI is InChI=1S/C42H45N5O5/c1-47(40(49)37(25-35-26-43-30-45-35)46-41(50)52-28-33-14-7-3-8-15-33)38(39(48)44-29-42(22-11-23-42)34-16-9-4-10-17-34)24-31-18-20-36(21-19-31)51-27-32-12-5-2-6-13-32/h2-10,12-21,26,30,37-38H,11,22-25,27-29H2,1H3,(H,43,45)(H,44,48)(H,46,50)/t37-,38+/m0/s1. The van der Waals surface area contributed by atoms with Gasteiger partial charge in [-0.25, -0.2) is 9.78 Å². The van der Waals surface area contributed by atoms with Gasteiger partial charge in [0.2, 0.25) is 11.8 Å². The molecule has 1 aliphatic carbocycles. The quantitative estimate of drug-likeness (QED) is 0.114. The van der Waals surface area contributed by atoms with Crippen LogP contribution >= 0.6 is 0 Å². The van der Waals surface area contributed by atoms with Gasteiger partial charge in [-0.2, -0.15) is 0 Å². The predicted octanol–water partition coefficient (Wildman–Crippen LogP) is 6.13. The lowest BCUT2D eigenvalue weighted by atomic mass is 9.64. The molecule has 1 aromatic heterocycles. The van der Waals surface area contributed by atoms with E-state index in [-0.39, 0.29) is 30.8 Å². The number of amides is 3. The zero-order valence-electron chi connectivity index (χ0n) is 29.4. The van der Waals surface area contributed by atoms with Crippen molar-refractivity contribution in [3.63, 3.8) is 0 Å². The lowest BCUT2D eigenvalue weighted by molar-refractivity contribution is -0.140. The van der Waals surface area contributed by atoms with E-state index in [1.54, 1.807) is 13.2 Å². The predicted molar refractivity (Wildman–Crippen MR) is 198 cm³/mol. The first kappa shape index (κ1) is 35.9. The van der Waals surface area contributed by atoms with Crippen LogP contribution in [0.2, 0.25) is 0 Å². The number of aromatic nitrogens is 2. The second kappa shape index (κ2) is 17.4. The number of carbonyl (C=O) groups excluding carboxylic acids is 3. The monoisotopic (exact) mass is 699 g/mol. The Balaban J connectivity index is 1.19. The molecule has 52 heavy (non-hydrogen) atoms. The van der Waals surface area contributed by atoms with E-state index in [0.717, 1.165) is 36.0 Å². The highest BCUT2D eigenvalue weighted by atomic mass is 16.5. The molecule has 0 aliphatic heterocycles. The number of carbonyl (C=O) groups is 3. The van der Waals surface area contributed by atoms with Crippen LogP contribution < -0.4 is 15.4 Å². The van der Waals surface area contributed by atoms with E-state index in [4.69, 9.17) is 9.47 Å². The van der Waals surface area contributed by atoms with Gasteiger partial charge in [0.15, 0.2) is 0 Å². The molecule has 3 amide bonds. The van der Waals surface area contributed by atoms with Gasteiger partial charge in [0.25, 0.3) is 0 Å². The highest BCUT2D eigenvalue weighted by Gasteiger charge is 2.40. The van der Waals surface area contributed by atoms with Gasteiger partial charge in [-0.15, -0.1) is 0 Å².